The maximum atomic E-state index is 5.47. The Bertz CT molecular complexity index is 171. The fraction of sp³-hybridized carbons (Fsp3) is 0.941. The van der Waals surface area contributed by atoms with Gasteiger partial charge in [0.2, 0.25) is 0 Å². The van der Waals surface area contributed by atoms with Gasteiger partial charge in [-0.2, -0.15) is 13.3 Å². The monoisotopic (exact) mass is 330 g/mol. The summed E-state index contributed by atoms with van der Waals surface area (Å²) < 4.78 is 10.9. The van der Waals surface area contributed by atoms with Crippen molar-refractivity contribution in [3.8, 4) is 0 Å². The van der Waals surface area contributed by atoms with Gasteiger partial charge < -0.3 is 28.3 Å². The molecule has 0 aromatic carbocycles. The molecule has 0 N–H and O–H groups in total. The van der Waals surface area contributed by atoms with Crippen LogP contribution in [0.25, 0.3) is 0 Å². The summed E-state index contributed by atoms with van der Waals surface area (Å²) in [5, 5.41) is 0. The van der Waals surface area contributed by atoms with E-state index in [1.807, 2.05) is 0 Å². The fourth-order valence-corrected chi connectivity index (χ4v) is 2.22. The zero-order chi connectivity index (χ0) is 14.2. The largest absolute Gasteiger partial charge is 2.00 e. The van der Waals surface area contributed by atoms with E-state index in [0.29, 0.717) is 6.79 Å². The average molecular weight is 331 g/mol. The normalized spacial score (nSPS) is 11.6. The second-order valence-corrected chi connectivity index (χ2v) is 5.59. The molecular formula is C17H35ClMgO2. The number of hydrogen-bond donors (Lipinski definition) is 0. The van der Waals surface area contributed by atoms with E-state index in [4.69, 9.17) is 9.47 Å². The van der Waals surface area contributed by atoms with E-state index in [9.17, 15) is 0 Å². The van der Waals surface area contributed by atoms with Crippen LogP contribution in [0.2, 0.25) is 0 Å². The van der Waals surface area contributed by atoms with Crippen LogP contribution in [0.4, 0.5) is 0 Å². The molecular weight excluding hydrogens is 296 g/mol. The summed E-state index contributed by atoms with van der Waals surface area (Å²) in [6.45, 7) is 8.85. The van der Waals surface area contributed by atoms with Crippen molar-refractivity contribution >= 4 is 23.1 Å². The first-order valence-corrected chi connectivity index (χ1v) is 8.24. The van der Waals surface area contributed by atoms with Crippen molar-refractivity contribution in [3.63, 3.8) is 0 Å². The molecule has 0 aromatic heterocycles. The molecule has 21 heavy (non-hydrogen) atoms. The van der Waals surface area contributed by atoms with E-state index < -0.39 is 0 Å². The summed E-state index contributed by atoms with van der Waals surface area (Å²) in [5.74, 6) is 0.789. The van der Waals surface area contributed by atoms with Crippen LogP contribution in [0.15, 0.2) is 0 Å². The molecule has 1 unspecified atom stereocenters. The van der Waals surface area contributed by atoms with Crippen LogP contribution in [-0.4, -0.2) is 43.1 Å². The third-order valence-corrected chi connectivity index (χ3v) is 3.43. The predicted octanol–water partition coefficient (Wildman–Crippen LogP) is 1.99. The summed E-state index contributed by atoms with van der Waals surface area (Å²) in [6, 6.07) is 0. The maximum absolute atomic E-state index is 5.47. The van der Waals surface area contributed by atoms with Gasteiger partial charge in [-0.3, -0.25) is 0 Å². The first kappa shape index (κ1) is 26.9. The molecule has 124 valence electrons. The van der Waals surface area contributed by atoms with Gasteiger partial charge in [0.1, 0.15) is 6.79 Å². The van der Waals surface area contributed by atoms with Crippen LogP contribution >= 0.6 is 0 Å². The minimum absolute atomic E-state index is 0. The van der Waals surface area contributed by atoms with E-state index in [2.05, 4.69) is 27.2 Å². The Labute approximate surface area is 155 Å². The van der Waals surface area contributed by atoms with E-state index >= 15 is 0 Å². The molecule has 0 bridgehead atoms. The quantitative estimate of drug-likeness (QED) is 0.198. The molecule has 0 spiro atoms. The molecule has 0 fully saturated rings. The minimum Gasteiger partial charge on any atom is -1.00 e. The van der Waals surface area contributed by atoms with Gasteiger partial charge in [-0.05, 0) is 12.8 Å². The van der Waals surface area contributed by atoms with Crippen molar-refractivity contribution in [2.75, 3.05) is 20.0 Å². The Morgan fingerprint density at radius 1 is 0.905 bits per heavy atom. The Morgan fingerprint density at radius 3 is 2.10 bits per heavy atom. The van der Waals surface area contributed by atoms with Crippen molar-refractivity contribution in [3.05, 3.63) is 6.42 Å². The Kier molecular flexibility index (Phi) is 29.7. The summed E-state index contributed by atoms with van der Waals surface area (Å²) in [5.41, 5.74) is 0. The van der Waals surface area contributed by atoms with Gasteiger partial charge in [0.25, 0.3) is 0 Å². The Balaban J connectivity index is -0.00000162. The van der Waals surface area contributed by atoms with Crippen molar-refractivity contribution in [1.29, 1.82) is 0 Å². The van der Waals surface area contributed by atoms with Gasteiger partial charge in [-0.25, -0.2) is 0 Å². The molecule has 0 aliphatic heterocycles. The van der Waals surface area contributed by atoms with Gasteiger partial charge in [0.05, 0.1) is 0 Å². The molecule has 0 aliphatic carbocycles. The first-order chi connectivity index (χ1) is 9.31. The number of hydrogen-bond acceptors (Lipinski definition) is 2. The van der Waals surface area contributed by atoms with E-state index in [1.54, 1.807) is 0 Å². The molecule has 0 heterocycles. The molecule has 0 aliphatic rings. The SMILES string of the molecule is C[CH-]CC(C)CCCOCOCCCCCCCC.[Cl-].[Mg+2]. The zero-order valence-electron chi connectivity index (χ0n) is 14.5. The van der Waals surface area contributed by atoms with Crippen LogP contribution in [0.1, 0.15) is 78.6 Å². The third kappa shape index (κ3) is 23.4. The summed E-state index contributed by atoms with van der Waals surface area (Å²) in [6.07, 6.45) is 13.8. The molecule has 0 amide bonds. The van der Waals surface area contributed by atoms with Crippen molar-refractivity contribution in [2.45, 2.75) is 78.6 Å². The van der Waals surface area contributed by atoms with Gasteiger partial charge in [0.15, 0.2) is 0 Å². The molecule has 4 heteroatoms. The molecule has 0 aromatic rings. The molecule has 0 saturated heterocycles. The van der Waals surface area contributed by atoms with Crippen molar-refractivity contribution in [1.82, 2.24) is 0 Å². The van der Waals surface area contributed by atoms with Gasteiger partial charge in [0, 0.05) is 13.2 Å². The molecule has 0 rings (SSSR count). The standard InChI is InChI=1S/C17H35O2.ClH.Mg/c1-4-6-7-8-9-10-14-18-16-19-15-11-13-17(3)12-5-2;;/h5,17H,4,6-16H2,1-3H3;1H;/q-1;;+2/p-1. The average Bonchev–Trinajstić information content (AvgIpc) is 2.40. The Hall–Kier alpha value is 0.976. The smallest absolute Gasteiger partial charge is 1.00 e. The first-order valence-electron chi connectivity index (χ1n) is 8.24. The summed E-state index contributed by atoms with van der Waals surface area (Å²) in [7, 11) is 0. The molecule has 0 radical (unpaired) electrons. The predicted molar refractivity (Wildman–Crippen MR) is 88.9 cm³/mol. The van der Waals surface area contributed by atoms with E-state index in [-0.39, 0.29) is 35.5 Å². The topological polar surface area (TPSA) is 18.5 Å². The molecule has 0 saturated carbocycles. The van der Waals surface area contributed by atoms with Crippen molar-refractivity contribution in [2.24, 2.45) is 5.92 Å². The minimum atomic E-state index is 0. The van der Waals surface area contributed by atoms with Crippen LogP contribution in [-0.2, 0) is 9.47 Å². The summed E-state index contributed by atoms with van der Waals surface area (Å²) in [4.78, 5) is 0. The second-order valence-electron chi connectivity index (χ2n) is 5.59. The third-order valence-electron chi connectivity index (χ3n) is 3.43. The van der Waals surface area contributed by atoms with Crippen LogP contribution in [0, 0.1) is 12.3 Å². The molecule has 1 atom stereocenters. The van der Waals surface area contributed by atoms with Crippen LogP contribution in [0.5, 0.6) is 0 Å². The van der Waals surface area contributed by atoms with Gasteiger partial charge in [-0.15, -0.1) is 0 Å². The number of ether oxygens (including phenoxy) is 2. The number of halogens is 1. The van der Waals surface area contributed by atoms with E-state index in [1.165, 1.54) is 51.4 Å². The van der Waals surface area contributed by atoms with Gasteiger partial charge in [-0.1, -0.05) is 58.3 Å². The van der Waals surface area contributed by atoms with Crippen LogP contribution in [0.3, 0.4) is 0 Å². The second kappa shape index (κ2) is 23.2. The molecule has 2 nitrogen and oxygen atoms in total. The summed E-state index contributed by atoms with van der Waals surface area (Å²) >= 11 is 0. The van der Waals surface area contributed by atoms with Gasteiger partial charge >= 0.3 is 23.1 Å². The Morgan fingerprint density at radius 2 is 1.48 bits per heavy atom. The zero-order valence-corrected chi connectivity index (χ0v) is 16.7. The van der Waals surface area contributed by atoms with Crippen molar-refractivity contribution < 1.29 is 21.9 Å². The van der Waals surface area contributed by atoms with Crippen LogP contribution < -0.4 is 12.4 Å². The fourth-order valence-electron chi connectivity index (χ4n) is 2.22. The number of rotatable bonds is 15. The maximum Gasteiger partial charge on any atom is 2.00 e. The number of unbranched alkanes of at least 4 members (excludes halogenated alkanes) is 5. The van der Waals surface area contributed by atoms with E-state index in [0.717, 1.165) is 25.6 Å².